The number of fused-ring (bicyclic) bond motifs is 2. The minimum Gasteiger partial charge on any atom is -0.508 e. The molecule has 0 aliphatic carbocycles. The number of phenols is 1. The van der Waals surface area contributed by atoms with E-state index in [-0.39, 0.29) is 47.1 Å². The summed E-state index contributed by atoms with van der Waals surface area (Å²) in [5.41, 5.74) is 0.730. The summed E-state index contributed by atoms with van der Waals surface area (Å²) in [6.45, 7) is 0.298. The van der Waals surface area contributed by atoms with Gasteiger partial charge in [0.2, 0.25) is 5.88 Å². The first-order chi connectivity index (χ1) is 17.9. The number of phenolic OH excluding ortho intramolecular Hbond substituents is 1. The van der Waals surface area contributed by atoms with E-state index in [0.29, 0.717) is 19.4 Å². The molecule has 0 saturated carbocycles. The minimum absolute atomic E-state index is 0.0335. The second-order valence-corrected chi connectivity index (χ2v) is 9.32. The molecule has 2 aliphatic rings. The molecule has 37 heavy (non-hydrogen) atoms. The molecule has 3 N–H and O–H groups in total. The molecule has 2 fully saturated rings. The van der Waals surface area contributed by atoms with Crippen LogP contribution in [0.4, 0.5) is 13.6 Å². The van der Waals surface area contributed by atoms with Gasteiger partial charge in [-0.2, -0.15) is 0 Å². The molecule has 3 amide bonds. The van der Waals surface area contributed by atoms with Gasteiger partial charge < -0.3 is 25.4 Å². The van der Waals surface area contributed by atoms with E-state index in [1.165, 1.54) is 24.3 Å². The SMILES string of the molecule is O=C(N[C@@H]1C[C@H]2CC[C@@H](C1)N2C(=O)NCc1cccc(O)c1)c1cc(F)cnc1Oc1ccc(F)cc1. The number of aromatic nitrogens is 1. The standard InChI is InChI=1S/C27H26F2N4O4/c28-17-4-8-23(9-5-17)37-26-24(11-18(29)15-30-26)25(35)32-19-12-20-6-7-21(13-19)33(20)27(36)31-14-16-2-1-3-22(34)10-16/h1-5,8-11,15,19-21,34H,6-7,12-14H2,(H,31,36)(H,32,35)/t19-,20-,21+. The predicted octanol–water partition coefficient (Wildman–Crippen LogP) is 4.49. The fraction of sp³-hybridized carbons (Fsp3) is 0.296. The average Bonchev–Trinajstić information content (AvgIpc) is 3.15. The van der Waals surface area contributed by atoms with E-state index in [0.717, 1.165) is 30.7 Å². The van der Waals surface area contributed by atoms with Crippen molar-refractivity contribution in [2.24, 2.45) is 0 Å². The number of amides is 3. The molecule has 2 bridgehead atoms. The molecule has 1 aromatic heterocycles. The Morgan fingerprint density at radius 2 is 1.76 bits per heavy atom. The predicted molar refractivity (Wildman–Crippen MR) is 130 cm³/mol. The van der Waals surface area contributed by atoms with Crippen molar-refractivity contribution in [3.63, 3.8) is 0 Å². The molecule has 5 rings (SSSR count). The lowest BCUT2D eigenvalue weighted by molar-refractivity contribution is 0.0881. The number of halogens is 2. The van der Waals surface area contributed by atoms with Crippen LogP contribution in [0.2, 0.25) is 0 Å². The first-order valence-corrected chi connectivity index (χ1v) is 12.1. The van der Waals surface area contributed by atoms with E-state index in [1.54, 1.807) is 18.2 Å². The van der Waals surface area contributed by atoms with Crippen LogP contribution in [0.1, 0.15) is 41.6 Å². The van der Waals surface area contributed by atoms with Crippen LogP contribution in [0.25, 0.3) is 0 Å². The summed E-state index contributed by atoms with van der Waals surface area (Å²) < 4.78 is 32.8. The third-order valence-electron chi connectivity index (χ3n) is 6.75. The number of nitrogens with zero attached hydrogens (tertiary/aromatic N) is 2. The van der Waals surface area contributed by atoms with Crippen LogP contribution in [0.15, 0.2) is 60.8 Å². The van der Waals surface area contributed by atoms with Gasteiger partial charge in [0, 0.05) is 24.7 Å². The number of nitrogens with one attached hydrogen (secondary N) is 2. The van der Waals surface area contributed by atoms with Gasteiger partial charge in [0.1, 0.15) is 28.7 Å². The van der Waals surface area contributed by atoms with Gasteiger partial charge in [-0.15, -0.1) is 0 Å². The zero-order valence-electron chi connectivity index (χ0n) is 19.9. The lowest BCUT2D eigenvalue weighted by Crippen LogP contribution is -2.54. The van der Waals surface area contributed by atoms with Gasteiger partial charge in [0.05, 0.1) is 6.20 Å². The van der Waals surface area contributed by atoms with Crippen molar-refractivity contribution in [1.82, 2.24) is 20.5 Å². The molecular weight excluding hydrogens is 482 g/mol. The molecule has 0 spiro atoms. The Kier molecular flexibility index (Phi) is 6.89. The summed E-state index contributed by atoms with van der Waals surface area (Å²) in [5.74, 6) is -1.34. The van der Waals surface area contributed by atoms with E-state index in [9.17, 15) is 23.5 Å². The average molecular weight is 509 g/mol. The first kappa shape index (κ1) is 24.5. The van der Waals surface area contributed by atoms with Crippen molar-refractivity contribution in [3.8, 4) is 17.4 Å². The van der Waals surface area contributed by atoms with Gasteiger partial charge in [0.15, 0.2) is 0 Å². The number of pyridine rings is 1. The van der Waals surface area contributed by atoms with Crippen molar-refractivity contribution in [2.75, 3.05) is 0 Å². The highest BCUT2D eigenvalue weighted by atomic mass is 19.1. The maximum Gasteiger partial charge on any atom is 0.318 e. The second kappa shape index (κ2) is 10.4. The normalized spacial score (nSPS) is 20.4. The van der Waals surface area contributed by atoms with Crippen LogP contribution in [0, 0.1) is 11.6 Å². The second-order valence-electron chi connectivity index (χ2n) is 9.32. The maximum absolute atomic E-state index is 14.0. The number of hydrogen-bond acceptors (Lipinski definition) is 5. The molecule has 0 unspecified atom stereocenters. The maximum atomic E-state index is 14.0. The molecule has 8 nitrogen and oxygen atoms in total. The minimum atomic E-state index is -0.685. The van der Waals surface area contributed by atoms with Gasteiger partial charge in [-0.25, -0.2) is 18.6 Å². The van der Waals surface area contributed by atoms with Crippen LogP contribution in [-0.4, -0.2) is 45.1 Å². The van der Waals surface area contributed by atoms with Crippen molar-refractivity contribution in [3.05, 3.63) is 83.6 Å². The molecule has 0 radical (unpaired) electrons. The number of aromatic hydroxyl groups is 1. The summed E-state index contributed by atoms with van der Waals surface area (Å²) in [6.07, 6.45) is 3.75. The Bertz CT molecular complexity index is 1290. The molecule has 192 valence electrons. The molecule has 2 aromatic carbocycles. The Labute approximate surface area is 212 Å². The van der Waals surface area contributed by atoms with Crippen LogP contribution in [0.5, 0.6) is 17.4 Å². The summed E-state index contributed by atoms with van der Waals surface area (Å²) in [4.78, 5) is 31.8. The molecule has 2 aliphatic heterocycles. The van der Waals surface area contributed by atoms with Crippen molar-refractivity contribution < 1.29 is 28.2 Å². The Morgan fingerprint density at radius 3 is 2.46 bits per heavy atom. The van der Waals surface area contributed by atoms with E-state index >= 15 is 0 Å². The number of carbonyl (C=O) groups excluding carboxylic acids is 2. The lowest BCUT2D eigenvalue weighted by atomic mass is 9.97. The topological polar surface area (TPSA) is 104 Å². The van der Waals surface area contributed by atoms with Gasteiger partial charge in [-0.3, -0.25) is 4.79 Å². The van der Waals surface area contributed by atoms with Crippen molar-refractivity contribution in [2.45, 2.75) is 50.4 Å². The highest BCUT2D eigenvalue weighted by Gasteiger charge is 2.43. The van der Waals surface area contributed by atoms with Crippen LogP contribution in [-0.2, 0) is 6.54 Å². The van der Waals surface area contributed by atoms with E-state index in [2.05, 4.69) is 15.6 Å². The van der Waals surface area contributed by atoms with E-state index in [1.807, 2.05) is 11.0 Å². The Hall–Kier alpha value is -4.21. The van der Waals surface area contributed by atoms with Gasteiger partial charge >= 0.3 is 6.03 Å². The molecule has 2 saturated heterocycles. The number of piperidine rings is 1. The monoisotopic (exact) mass is 508 g/mol. The molecule has 10 heteroatoms. The highest BCUT2D eigenvalue weighted by Crippen LogP contribution is 2.36. The lowest BCUT2D eigenvalue weighted by Gasteiger charge is -2.39. The summed E-state index contributed by atoms with van der Waals surface area (Å²) in [7, 11) is 0. The molecular formula is C27H26F2N4O4. The molecule has 3 atom stereocenters. The van der Waals surface area contributed by atoms with Gasteiger partial charge in [-0.05, 0) is 73.7 Å². The van der Waals surface area contributed by atoms with Crippen LogP contribution >= 0.6 is 0 Å². The fourth-order valence-electron chi connectivity index (χ4n) is 5.11. The number of carbonyl (C=O) groups is 2. The van der Waals surface area contributed by atoms with Crippen LogP contribution in [0.3, 0.4) is 0 Å². The third-order valence-corrected chi connectivity index (χ3v) is 6.75. The largest absolute Gasteiger partial charge is 0.508 e. The van der Waals surface area contributed by atoms with Crippen molar-refractivity contribution in [1.29, 1.82) is 0 Å². The van der Waals surface area contributed by atoms with Crippen LogP contribution < -0.4 is 15.4 Å². The van der Waals surface area contributed by atoms with Gasteiger partial charge in [-0.1, -0.05) is 12.1 Å². The third kappa shape index (κ3) is 5.63. The summed E-state index contributed by atoms with van der Waals surface area (Å²) in [5, 5.41) is 15.5. The zero-order chi connectivity index (χ0) is 25.9. The first-order valence-electron chi connectivity index (χ1n) is 12.1. The van der Waals surface area contributed by atoms with E-state index in [4.69, 9.17) is 4.74 Å². The summed E-state index contributed by atoms with van der Waals surface area (Å²) >= 11 is 0. The summed E-state index contributed by atoms with van der Waals surface area (Å²) in [6, 6.07) is 12.5. The zero-order valence-corrected chi connectivity index (χ0v) is 19.9. The number of benzene rings is 2. The quantitative estimate of drug-likeness (QED) is 0.455. The smallest absolute Gasteiger partial charge is 0.318 e. The number of ether oxygens (including phenoxy) is 1. The van der Waals surface area contributed by atoms with E-state index < -0.39 is 17.5 Å². The fourth-order valence-corrected chi connectivity index (χ4v) is 5.11. The Morgan fingerprint density at radius 1 is 1.03 bits per heavy atom. The number of urea groups is 1. The number of rotatable bonds is 6. The molecule has 3 aromatic rings. The van der Waals surface area contributed by atoms with Gasteiger partial charge in [0.25, 0.3) is 5.91 Å². The Balaban J connectivity index is 1.22. The molecule has 3 heterocycles. The number of hydrogen-bond donors (Lipinski definition) is 3. The highest BCUT2D eigenvalue weighted by molar-refractivity contribution is 5.96. The van der Waals surface area contributed by atoms with Crippen molar-refractivity contribution >= 4 is 11.9 Å².